The van der Waals surface area contributed by atoms with E-state index in [1.54, 1.807) is 12.1 Å². The quantitative estimate of drug-likeness (QED) is 0.742. The summed E-state index contributed by atoms with van der Waals surface area (Å²) in [5.41, 5.74) is 0.292. The summed E-state index contributed by atoms with van der Waals surface area (Å²) in [6.45, 7) is 0. The number of hydrogen-bond acceptors (Lipinski definition) is 3. The molecule has 0 saturated carbocycles. The molecule has 0 N–H and O–H groups in total. The highest BCUT2D eigenvalue weighted by Gasteiger charge is 2.16. The number of hydrogen-bond donors (Lipinski definition) is 0. The Morgan fingerprint density at radius 2 is 1.93 bits per heavy atom. The van der Waals surface area contributed by atoms with E-state index < -0.39 is 9.05 Å². The molecule has 0 bridgehead atoms. The molecule has 2 rings (SSSR count). The Bertz CT molecular complexity index is 625. The molecule has 1 aromatic carbocycles. The van der Waals surface area contributed by atoms with Crippen molar-refractivity contribution in [3.8, 4) is 0 Å². The van der Waals surface area contributed by atoms with Crippen LogP contribution in [-0.2, 0) is 9.05 Å². The van der Waals surface area contributed by atoms with Crippen LogP contribution in [0.4, 0.5) is 0 Å². The number of halogens is 2. The second kappa shape index (κ2) is 3.63. The number of aromatic nitrogens is 1. The molecule has 6 heteroatoms. The Morgan fingerprint density at radius 3 is 2.60 bits per heavy atom. The molecule has 0 aliphatic rings. The third-order valence-corrected chi connectivity index (χ3v) is 3.63. The van der Waals surface area contributed by atoms with Crippen molar-refractivity contribution in [2.45, 2.75) is 4.90 Å². The highest BCUT2D eigenvalue weighted by molar-refractivity contribution is 8.14. The standard InChI is InChI=1S/C9H5Cl2NO2S/c10-7-3-4-8(15(11,13)14)9-6(7)2-1-5-12-9/h1-5H. The third kappa shape index (κ3) is 1.93. The Labute approximate surface area is 96.1 Å². The zero-order chi connectivity index (χ0) is 11.1. The van der Waals surface area contributed by atoms with Crippen LogP contribution in [0.25, 0.3) is 10.9 Å². The van der Waals surface area contributed by atoms with Gasteiger partial charge in [-0.05, 0) is 24.3 Å². The predicted octanol–water partition coefficient (Wildman–Crippen LogP) is 2.82. The summed E-state index contributed by atoms with van der Waals surface area (Å²) in [5.74, 6) is 0. The smallest absolute Gasteiger partial charge is 0.255 e. The molecule has 0 saturated heterocycles. The molecule has 0 fully saturated rings. The molecule has 0 amide bonds. The van der Waals surface area contributed by atoms with Crippen molar-refractivity contribution in [2.75, 3.05) is 0 Å². The molecule has 0 radical (unpaired) electrons. The molecular formula is C9H5Cl2NO2S. The van der Waals surface area contributed by atoms with Gasteiger partial charge in [0, 0.05) is 22.3 Å². The Kier molecular flexibility index (Phi) is 2.58. The lowest BCUT2D eigenvalue weighted by molar-refractivity contribution is 0.610. The molecule has 0 atom stereocenters. The Hall–Kier alpha value is -0.840. The summed E-state index contributed by atoms with van der Waals surface area (Å²) < 4.78 is 22.5. The lowest BCUT2D eigenvalue weighted by atomic mass is 10.2. The van der Waals surface area contributed by atoms with Crippen LogP contribution < -0.4 is 0 Å². The number of nitrogens with zero attached hydrogens (tertiary/aromatic N) is 1. The summed E-state index contributed by atoms with van der Waals surface area (Å²) in [5, 5.41) is 1.02. The van der Waals surface area contributed by atoms with Gasteiger partial charge in [0.15, 0.2) is 0 Å². The molecule has 3 nitrogen and oxygen atoms in total. The first-order valence-corrected chi connectivity index (χ1v) is 6.67. The number of rotatable bonds is 1. The van der Waals surface area contributed by atoms with Crippen LogP contribution in [0.15, 0.2) is 35.4 Å². The fourth-order valence-corrected chi connectivity index (χ4v) is 2.52. The highest BCUT2D eigenvalue weighted by atomic mass is 35.7. The van der Waals surface area contributed by atoms with E-state index in [4.69, 9.17) is 22.3 Å². The predicted molar refractivity (Wildman–Crippen MR) is 59.8 cm³/mol. The Morgan fingerprint density at radius 1 is 1.20 bits per heavy atom. The second-order valence-corrected chi connectivity index (χ2v) is 5.82. The second-order valence-electron chi connectivity index (χ2n) is 2.88. The van der Waals surface area contributed by atoms with Crippen LogP contribution in [0.5, 0.6) is 0 Å². The maximum Gasteiger partial charge on any atom is 0.263 e. The fraction of sp³-hybridized carbons (Fsp3) is 0. The summed E-state index contributed by atoms with van der Waals surface area (Å²) in [6.07, 6.45) is 1.49. The molecule has 1 aromatic heterocycles. The fourth-order valence-electron chi connectivity index (χ4n) is 1.31. The molecule has 15 heavy (non-hydrogen) atoms. The average molecular weight is 262 g/mol. The topological polar surface area (TPSA) is 47.0 Å². The lowest BCUT2D eigenvalue weighted by Gasteiger charge is -2.03. The average Bonchev–Trinajstić information content (AvgIpc) is 2.17. The molecule has 2 aromatic rings. The summed E-state index contributed by atoms with van der Waals surface area (Å²) >= 11 is 5.90. The van der Waals surface area contributed by atoms with Crippen molar-refractivity contribution >= 4 is 42.2 Å². The van der Waals surface area contributed by atoms with Gasteiger partial charge in [-0.15, -0.1) is 0 Å². The van der Waals surface area contributed by atoms with E-state index in [0.29, 0.717) is 15.9 Å². The minimum Gasteiger partial charge on any atom is -0.255 e. The van der Waals surface area contributed by atoms with E-state index in [9.17, 15) is 8.42 Å². The van der Waals surface area contributed by atoms with Gasteiger partial charge in [-0.25, -0.2) is 8.42 Å². The van der Waals surface area contributed by atoms with Crippen LogP contribution in [-0.4, -0.2) is 13.4 Å². The lowest BCUT2D eigenvalue weighted by Crippen LogP contribution is -1.94. The molecular weight excluding hydrogens is 257 g/mol. The SMILES string of the molecule is O=S(=O)(Cl)c1ccc(Cl)c2cccnc12. The third-order valence-electron chi connectivity index (χ3n) is 1.94. The summed E-state index contributed by atoms with van der Waals surface area (Å²) in [6, 6.07) is 6.20. The highest BCUT2D eigenvalue weighted by Crippen LogP contribution is 2.29. The molecule has 78 valence electrons. The van der Waals surface area contributed by atoms with E-state index in [1.807, 2.05) is 0 Å². The van der Waals surface area contributed by atoms with Gasteiger partial charge >= 0.3 is 0 Å². The molecule has 1 heterocycles. The minimum atomic E-state index is -3.80. The van der Waals surface area contributed by atoms with E-state index >= 15 is 0 Å². The van der Waals surface area contributed by atoms with Crippen LogP contribution in [0, 0.1) is 0 Å². The van der Waals surface area contributed by atoms with Gasteiger partial charge in [0.2, 0.25) is 0 Å². The van der Waals surface area contributed by atoms with Crippen molar-refractivity contribution in [3.63, 3.8) is 0 Å². The molecule has 0 aliphatic heterocycles. The molecule has 0 aliphatic carbocycles. The minimum absolute atomic E-state index is 0.0239. The first-order chi connectivity index (χ1) is 7.00. The first kappa shape index (κ1) is 10.7. The normalized spacial score (nSPS) is 11.9. The Balaban J connectivity index is 2.96. The van der Waals surface area contributed by atoms with E-state index in [2.05, 4.69) is 4.98 Å². The number of benzene rings is 1. The van der Waals surface area contributed by atoms with Crippen LogP contribution in [0.3, 0.4) is 0 Å². The van der Waals surface area contributed by atoms with Crippen LogP contribution in [0.2, 0.25) is 5.02 Å². The van der Waals surface area contributed by atoms with Crippen molar-refractivity contribution in [3.05, 3.63) is 35.5 Å². The van der Waals surface area contributed by atoms with Gasteiger partial charge in [0.05, 0.1) is 10.5 Å². The molecule has 0 spiro atoms. The van der Waals surface area contributed by atoms with Gasteiger partial charge in [-0.3, -0.25) is 4.98 Å². The van der Waals surface area contributed by atoms with Gasteiger partial charge in [-0.1, -0.05) is 11.6 Å². The number of fused-ring (bicyclic) bond motifs is 1. The monoisotopic (exact) mass is 261 g/mol. The van der Waals surface area contributed by atoms with Crippen molar-refractivity contribution in [1.82, 2.24) is 4.98 Å². The van der Waals surface area contributed by atoms with Gasteiger partial charge < -0.3 is 0 Å². The van der Waals surface area contributed by atoms with Crippen molar-refractivity contribution in [2.24, 2.45) is 0 Å². The van der Waals surface area contributed by atoms with Gasteiger partial charge in [-0.2, -0.15) is 0 Å². The van der Waals surface area contributed by atoms with Crippen molar-refractivity contribution < 1.29 is 8.42 Å². The van der Waals surface area contributed by atoms with Gasteiger partial charge in [0.1, 0.15) is 4.90 Å². The van der Waals surface area contributed by atoms with E-state index in [1.165, 1.54) is 18.3 Å². The van der Waals surface area contributed by atoms with Gasteiger partial charge in [0.25, 0.3) is 9.05 Å². The maximum absolute atomic E-state index is 11.2. The zero-order valence-electron chi connectivity index (χ0n) is 7.31. The summed E-state index contributed by atoms with van der Waals surface area (Å²) in [4.78, 5) is 3.94. The zero-order valence-corrected chi connectivity index (χ0v) is 9.64. The van der Waals surface area contributed by atoms with E-state index in [0.717, 1.165) is 0 Å². The van der Waals surface area contributed by atoms with Crippen LogP contribution >= 0.6 is 22.3 Å². The molecule has 0 unspecified atom stereocenters. The first-order valence-electron chi connectivity index (χ1n) is 3.98. The maximum atomic E-state index is 11.2. The van der Waals surface area contributed by atoms with Crippen LogP contribution in [0.1, 0.15) is 0 Å². The van der Waals surface area contributed by atoms with Crippen molar-refractivity contribution in [1.29, 1.82) is 0 Å². The summed E-state index contributed by atoms with van der Waals surface area (Å²) in [7, 11) is 1.48. The largest absolute Gasteiger partial charge is 0.263 e. The number of pyridine rings is 1. The van der Waals surface area contributed by atoms with E-state index in [-0.39, 0.29) is 4.90 Å².